The van der Waals surface area contributed by atoms with Crippen molar-refractivity contribution in [3.63, 3.8) is 0 Å². The molecule has 0 aromatic rings. The van der Waals surface area contributed by atoms with Gasteiger partial charge in [0.15, 0.2) is 0 Å². The molecule has 1 aliphatic heterocycles. The van der Waals surface area contributed by atoms with E-state index in [9.17, 15) is 28.8 Å². The summed E-state index contributed by atoms with van der Waals surface area (Å²) in [6, 6.07) is -0.959. The molecule has 0 aliphatic carbocycles. The molecule has 1 atom stereocenters. The molecule has 0 saturated heterocycles. The SMILES string of the molecule is CC(=O)CNC(=O)[C@H](CCC(=O)OCC(C)C)NC(=O)CCCCCN1C(=O)C=CC1=O. The fraction of sp³-hybridized carbons (Fsp3) is 0.636. The van der Waals surface area contributed by atoms with Gasteiger partial charge in [0.25, 0.3) is 11.8 Å². The number of unbranched alkanes of at least 4 members (excludes halogenated alkanes) is 2. The summed E-state index contributed by atoms with van der Waals surface area (Å²) in [6.45, 7) is 5.55. The van der Waals surface area contributed by atoms with Gasteiger partial charge in [-0.15, -0.1) is 0 Å². The van der Waals surface area contributed by atoms with Gasteiger partial charge in [-0.25, -0.2) is 0 Å². The van der Waals surface area contributed by atoms with Crippen molar-refractivity contribution in [2.24, 2.45) is 5.92 Å². The maximum absolute atomic E-state index is 12.3. The second kappa shape index (κ2) is 14.1. The molecule has 1 heterocycles. The minimum atomic E-state index is -0.959. The number of hydrogen-bond acceptors (Lipinski definition) is 7. The van der Waals surface area contributed by atoms with E-state index in [1.807, 2.05) is 13.8 Å². The predicted octanol–water partition coefficient (Wildman–Crippen LogP) is 0.641. The number of esters is 1. The highest BCUT2D eigenvalue weighted by Crippen LogP contribution is 2.08. The predicted molar refractivity (Wildman–Crippen MR) is 115 cm³/mol. The maximum atomic E-state index is 12.3. The van der Waals surface area contributed by atoms with Gasteiger partial charge >= 0.3 is 5.97 Å². The van der Waals surface area contributed by atoms with Crippen molar-refractivity contribution in [2.45, 2.75) is 65.3 Å². The van der Waals surface area contributed by atoms with Crippen LogP contribution in [0, 0.1) is 5.92 Å². The van der Waals surface area contributed by atoms with Crippen LogP contribution in [0.4, 0.5) is 0 Å². The number of carbonyl (C=O) groups excluding carboxylic acids is 6. The van der Waals surface area contributed by atoms with E-state index in [0.717, 1.165) is 4.90 Å². The Morgan fingerprint density at radius 1 is 1.00 bits per heavy atom. The largest absolute Gasteiger partial charge is 0.465 e. The Morgan fingerprint density at radius 3 is 2.25 bits per heavy atom. The number of rotatable bonds is 15. The Labute approximate surface area is 188 Å². The first-order chi connectivity index (χ1) is 15.1. The van der Waals surface area contributed by atoms with Gasteiger partial charge in [0.1, 0.15) is 11.8 Å². The van der Waals surface area contributed by atoms with Crippen LogP contribution in [0.2, 0.25) is 0 Å². The number of ether oxygens (including phenoxy) is 1. The highest BCUT2D eigenvalue weighted by atomic mass is 16.5. The summed E-state index contributed by atoms with van der Waals surface area (Å²) >= 11 is 0. The van der Waals surface area contributed by atoms with Crippen LogP contribution in [0.5, 0.6) is 0 Å². The molecule has 4 amide bonds. The highest BCUT2D eigenvalue weighted by Gasteiger charge is 2.23. The van der Waals surface area contributed by atoms with Gasteiger partial charge in [-0.2, -0.15) is 0 Å². The smallest absolute Gasteiger partial charge is 0.305 e. The van der Waals surface area contributed by atoms with Gasteiger partial charge in [-0.05, 0) is 32.1 Å². The lowest BCUT2D eigenvalue weighted by Gasteiger charge is -2.18. The van der Waals surface area contributed by atoms with Crippen molar-refractivity contribution in [2.75, 3.05) is 19.7 Å². The molecule has 178 valence electrons. The molecule has 32 heavy (non-hydrogen) atoms. The Hall–Kier alpha value is -3.04. The highest BCUT2D eigenvalue weighted by molar-refractivity contribution is 6.12. The standard InChI is InChI=1S/C22H33N3O7/c1-15(2)14-32-21(30)11-8-17(22(31)23-13-16(3)26)24-18(27)7-5-4-6-12-25-19(28)9-10-20(25)29/h9-10,15,17H,4-8,11-14H2,1-3H3,(H,23,31)(H,24,27)/t17-/m0/s1. The van der Waals surface area contributed by atoms with Crippen LogP contribution < -0.4 is 10.6 Å². The fourth-order valence-electron chi connectivity index (χ4n) is 2.85. The van der Waals surface area contributed by atoms with E-state index in [2.05, 4.69) is 10.6 Å². The van der Waals surface area contributed by atoms with E-state index in [0.29, 0.717) is 25.8 Å². The van der Waals surface area contributed by atoms with Crippen LogP contribution in [0.25, 0.3) is 0 Å². The topological polar surface area (TPSA) is 139 Å². The maximum Gasteiger partial charge on any atom is 0.305 e. The number of hydrogen-bond donors (Lipinski definition) is 2. The Morgan fingerprint density at radius 2 is 1.66 bits per heavy atom. The molecule has 10 heteroatoms. The molecule has 2 N–H and O–H groups in total. The third-order valence-electron chi connectivity index (χ3n) is 4.56. The summed E-state index contributed by atoms with van der Waals surface area (Å²) in [6.07, 6.45) is 4.30. The zero-order valence-electron chi connectivity index (χ0n) is 19.0. The molecule has 10 nitrogen and oxygen atoms in total. The molecule has 0 radical (unpaired) electrons. The van der Waals surface area contributed by atoms with Crippen LogP contribution in [0.15, 0.2) is 12.2 Å². The van der Waals surface area contributed by atoms with Crippen molar-refractivity contribution < 1.29 is 33.5 Å². The lowest BCUT2D eigenvalue weighted by molar-refractivity contribution is -0.145. The Kier molecular flexibility index (Phi) is 11.9. The number of ketones is 1. The van der Waals surface area contributed by atoms with Crippen molar-refractivity contribution in [1.29, 1.82) is 0 Å². The lowest BCUT2D eigenvalue weighted by Crippen LogP contribution is -2.48. The molecular weight excluding hydrogens is 418 g/mol. The molecule has 1 rings (SSSR count). The fourth-order valence-corrected chi connectivity index (χ4v) is 2.85. The molecule has 0 saturated carbocycles. The molecule has 0 unspecified atom stereocenters. The third-order valence-corrected chi connectivity index (χ3v) is 4.56. The van der Waals surface area contributed by atoms with Crippen molar-refractivity contribution >= 4 is 35.4 Å². The number of amides is 4. The summed E-state index contributed by atoms with van der Waals surface area (Å²) < 4.78 is 5.09. The number of carbonyl (C=O) groups is 6. The minimum Gasteiger partial charge on any atom is -0.465 e. The summed E-state index contributed by atoms with van der Waals surface area (Å²) in [7, 11) is 0. The van der Waals surface area contributed by atoms with Crippen LogP contribution in [0.1, 0.15) is 59.3 Å². The summed E-state index contributed by atoms with van der Waals surface area (Å²) in [5.74, 6) is -2.07. The first kappa shape index (κ1) is 27.0. The second-order valence-corrected chi connectivity index (χ2v) is 8.13. The molecule has 0 spiro atoms. The average Bonchev–Trinajstić information content (AvgIpc) is 3.05. The first-order valence-corrected chi connectivity index (χ1v) is 10.9. The first-order valence-electron chi connectivity index (χ1n) is 10.9. The number of Topliss-reactive ketones (excluding diaryl/α,β-unsaturated/α-hetero) is 1. The quantitative estimate of drug-likeness (QED) is 0.212. The van der Waals surface area contributed by atoms with Crippen LogP contribution in [0.3, 0.4) is 0 Å². The summed E-state index contributed by atoms with van der Waals surface area (Å²) in [5.41, 5.74) is 0. The molecule has 0 aromatic heterocycles. The average molecular weight is 452 g/mol. The van der Waals surface area contributed by atoms with E-state index >= 15 is 0 Å². The monoisotopic (exact) mass is 451 g/mol. The summed E-state index contributed by atoms with van der Waals surface area (Å²) in [4.78, 5) is 71.7. The van der Waals surface area contributed by atoms with E-state index in [4.69, 9.17) is 4.74 Å². The second-order valence-electron chi connectivity index (χ2n) is 8.13. The normalized spacial score (nSPS) is 13.9. The summed E-state index contributed by atoms with van der Waals surface area (Å²) in [5, 5.41) is 5.06. The number of imide groups is 1. The van der Waals surface area contributed by atoms with Gasteiger partial charge in [0.05, 0.1) is 13.2 Å². The van der Waals surface area contributed by atoms with Gasteiger partial charge in [-0.3, -0.25) is 33.7 Å². The van der Waals surface area contributed by atoms with Crippen molar-refractivity contribution in [3.05, 3.63) is 12.2 Å². The van der Waals surface area contributed by atoms with Crippen molar-refractivity contribution in [1.82, 2.24) is 15.5 Å². The van der Waals surface area contributed by atoms with Gasteiger partial charge in [0, 0.05) is 31.5 Å². The zero-order valence-corrected chi connectivity index (χ0v) is 19.0. The van der Waals surface area contributed by atoms with E-state index < -0.39 is 17.9 Å². The number of nitrogens with zero attached hydrogens (tertiary/aromatic N) is 1. The van der Waals surface area contributed by atoms with Crippen LogP contribution in [-0.4, -0.2) is 66.0 Å². The number of nitrogens with one attached hydrogen (secondary N) is 2. The van der Waals surface area contributed by atoms with Crippen LogP contribution in [-0.2, 0) is 33.5 Å². The van der Waals surface area contributed by atoms with Crippen LogP contribution >= 0.6 is 0 Å². The Bertz CT molecular complexity index is 728. The molecular formula is C22H33N3O7. The van der Waals surface area contributed by atoms with E-state index in [1.165, 1.54) is 19.1 Å². The van der Waals surface area contributed by atoms with Gasteiger partial charge in [-0.1, -0.05) is 20.3 Å². The minimum absolute atomic E-state index is 0.0446. The van der Waals surface area contributed by atoms with Gasteiger partial charge < -0.3 is 15.4 Å². The third kappa shape index (κ3) is 10.8. The van der Waals surface area contributed by atoms with E-state index in [1.54, 1.807) is 0 Å². The van der Waals surface area contributed by atoms with Gasteiger partial charge in [0.2, 0.25) is 11.8 Å². The molecule has 0 aromatic carbocycles. The molecule has 1 aliphatic rings. The van der Waals surface area contributed by atoms with Crippen molar-refractivity contribution in [3.8, 4) is 0 Å². The molecule has 0 fully saturated rings. The Balaban J connectivity index is 2.42. The lowest BCUT2D eigenvalue weighted by atomic mass is 10.1. The zero-order chi connectivity index (χ0) is 24.1. The molecule has 0 bridgehead atoms. The van der Waals surface area contributed by atoms with E-state index in [-0.39, 0.29) is 61.8 Å².